The lowest BCUT2D eigenvalue weighted by Crippen LogP contribution is -2.25. The zero-order chi connectivity index (χ0) is 11.4. The molecule has 0 aromatic heterocycles. The van der Waals surface area contributed by atoms with Gasteiger partial charge in [0.05, 0.1) is 12.6 Å². The lowest BCUT2D eigenvalue weighted by atomic mass is 9.96. The first-order chi connectivity index (χ1) is 7.79. The molecule has 16 heavy (non-hydrogen) atoms. The van der Waals surface area contributed by atoms with E-state index in [0.717, 1.165) is 28.6 Å². The van der Waals surface area contributed by atoms with Crippen molar-refractivity contribution < 1.29 is 9.53 Å². The van der Waals surface area contributed by atoms with Crippen LogP contribution in [0.5, 0.6) is 5.75 Å². The lowest BCUT2D eigenvalue weighted by Gasteiger charge is -2.27. The predicted octanol–water partition coefficient (Wildman–Crippen LogP) is 3.22. The number of halogens is 1. The maximum absolute atomic E-state index is 10.1. The molecule has 1 aliphatic rings. The fraction of sp³-hybridized carbons (Fsp3) is 0.417. The number of rotatable bonds is 4. The highest BCUT2D eigenvalue weighted by molar-refractivity contribution is 9.10. The average Bonchev–Trinajstić information content (AvgIpc) is 2.22. The van der Waals surface area contributed by atoms with E-state index in [1.165, 1.54) is 6.42 Å². The van der Waals surface area contributed by atoms with Gasteiger partial charge in [0.15, 0.2) is 0 Å². The molecule has 2 rings (SSSR count). The van der Waals surface area contributed by atoms with E-state index in [1.807, 2.05) is 18.2 Å². The summed E-state index contributed by atoms with van der Waals surface area (Å²) in [5, 5.41) is 0. The van der Waals surface area contributed by atoms with Crippen LogP contribution in [0.4, 0.5) is 0 Å². The number of carbonyl (C=O) groups excluding carboxylic acids is 1. The molecule has 0 heterocycles. The monoisotopic (exact) mass is 281 g/mol. The fourth-order valence-corrected chi connectivity index (χ4v) is 1.98. The highest BCUT2D eigenvalue weighted by Crippen LogP contribution is 2.29. The summed E-state index contributed by atoms with van der Waals surface area (Å²) in [6.07, 6.45) is 5.36. The van der Waals surface area contributed by atoms with Crippen molar-refractivity contribution in [1.82, 2.24) is 0 Å². The second-order valence-corrected chi connectivity index (χ2v) is 4.75. The number of isocyanates is 1. The Kier molecular flexibility index (Phi) is 3.75. The number of hydrogen-bond donors (Lipinski definition) is 0. The Bertz CT molecular complexity index is 423. The van der Waals surface area contributed by atoms with Crippen LogP contribution in [0.15, 0.2) is 27.7 Å². The summed E-state index contributed by atoms with van der Waals surface area (Å²) in [6, 6.07) is 5.77. The molecule has 0 bridgehead atoms. The van der Waals surface area contributed by atoms with E-state index < -0.39 is 0 Å². The van der Waals surface area contributed by atoms with Crippen molar-refractivity contribution in [3.05, 3.63) is 28.2 Å². The Morgan fingerprint density at radius 1 is 1.50 bits per heavy atom. The summed E-state index contributed by atoms with van der Waals surface area (Å²) >= 11 is 3.39. The van der Waals surface area contributed by atoms with Crippen LogP contribution in [-0.4, -0.2) is 12.2 Å². The Hall–Kier alpha value is -1.12. The van der Waals surface area contributed by atoms with Crippen LogP contribution in [0.25, 0.3) is 0 Å². The van der Waals surface area contributed by atoms with E-state index in [4.69, 9.17) is 4.74 Å². The minimum atomic E-state index is 0.324. The molecule has 84 valence electrons. The Morgan fingerprint density at radius 3 is 2.94 bits per heavy atom. The minimum absolute atomic E-state index is 0.324. The first-order valence-corrected chi connectivity index (χ1v) is 6.07. The van der Waals surface area contributed by atoms with Crippen LogP contribution in [0, 0.1) is 0 Å². The van der Waals surface area contributed by atoms with E-state index >= 15 is 0 Å². The molecule has 1 aromatic carbocycles. The predicted molar refractivity (Wildman–Crippen MR) is 64.2 cm³/mol. The van der Waals surface area contributed by atoms with Gasteiger partial charge < -0.3 is 4.74 Å². The minimum Gasteiger partial charge on any atom is -0.490 e. The van der Waals surface area contributed by atoms with Gasteiger partial charge in [-0.25, -0.2) is 9.79 Å². The number of nitrogens with zero attached hydrogens (tertiary/aromatic N) is 1. The normalized spacial score (nSPS) is 15.1. The third-order valence-electron chi connectivity index (χ3n) is 2.68. The molecule has 1 fully saturated rings. The molecule has 3 nitrogen and oxygen atoms in total. The summed E-state index contributed by atoms with van der Waals surface area (Å²) in [6.45, 7) is 0.324. The average molecular weight is 282 g/mol. The summed E-state index contributed by atoms with van der Waals surface area (Å²) < 4.78 is 6.79. The van der Waals surface area contributed by atoms with Crippen LogP contribution >= 0.6 is 15.9 Å². The standard InChI is InChI=1S/C12H12BrNO2/c13-10-4-5-12(16-11-2-1-3-11)9(6-10)7-14-8-15/h4-6,11H,1-3,7H2. The largest absolute Gasteiger partial charge is 0.490 e. The molecule has 0 aliphatic heterocycles. The summed E-state index contributed by atoms with van der Waals surface area (Å²) in [5.41, 5.74) is 0.921. The van der Waals surface area contributed by atoms with Gasteiger partial charge in [-0.2, -0.15) is 0 Å². The maximum Gasteiger partial charge on any atom is 0.235 e. The second kappa shape index (κ2) is 5.28. The highest BCUT2D eigenvalue weighted by atomic mass is 79.9. The number of benzene rings is 1. The molecule has 0 spiro atoms. The molecule has 0 amide bonds. The van der Waals surface area contributed by atoms with Crippen LogP contribution in [0.2, 0.25) is 0 Å². The third kappa shape index (κ3) is 2.71. The highest BCUT2D eigenvalue weighted by Gasteiger charge is 2.20. The van der Waals surface area contributed by atoms with Gasteiger partial charge in [0.25, 0.3) is 0 Å². The Labute approximate surface area is 103 Å². The summed E-state index contributed by atoms with van der Waals surface area (Å²) in [5.74, 6) is 0.826. The van der Waals surface area contributed by atoms with Gasteiger partial charge in [0.2, 0.25) is 6.08 Å². The number of aliphatic imine (C=N–C) groups is 1. The number of hydrogen-bond acceptors (Lipinski definition) is 3. The molecule has 0 N–H and O–H groups in total. The van der Waals surface area contributed by atoms with E-state index in [9.17, 15) is 4.79 Å². The van der Waals surface area contributed by atoms with Crippen LogP contribution in [0.1, 0.15) is 24.8 Å². The SMILES string of the molecule is O=C=NCc1cc(Br)ccc1OC1CCC1. The molecule has 0 saturated heterocycles. The summed E-state index contributed by atoms with van der Waals surface area (Å²) in [4.78, 5) is 13.7. The topological polar surface area (TPSA) is 38.7 Å². The second-order valence-electron chi connectivity index (χ2n) is 3.83. The van der Waals surface area contributed by atoms with E-state index in [2.05, 4.69) is 20.9 Å². The van der Waals surface area contributed by atoms with Crippen molar-refractivity contribution in [2.75, 3.05) is 0 Å². The fourth-order valence-electron chi connectivity index (χ4n) is 1.57. The van der Waals surface area contributed by atoms with Crippen molar-refractivity contribution in [2.24, 2.45) is 4.99 Å². The van der Waals surface area contributed by atoms with Crippen LogP contribution < -0.4 is 4.74 Å². The van der Waals surface area contributed by atoms with Crippen LogP contribution in [-0.2, 0) is 11.3 Å². The lowest BCUT2D eigenvalue weighted by molar-refractivity contribution is 0.119. The van der Waals surface area contributed by atoms with E-state index in [1.54, 1.807) is 6.08 Å². The van der Waals surface area contributed by atoms with Gasteiger partial charge in [-0.15, -0.1) is 0 Å². The molecule has 0 radical (unpaired) electrons. The van der Waals surface area contributed by atoms with Gasteiger partial charge in [-0.05, 0) is 37.5 Å². The maximum atomic E-state index is 10.1. The zero-order valence-corrected chi connectivity index (χ0v) is 10.4. The Morgan fingerprint density at radius 2 is 2.31 bits per heavy atom. The molecule has 1 aromatic rings. The van der Waals surface area contributed by atoms with Gasteiger partial charge in [-0.1, -0.05) is 15.9 Å². The first kappa shape index (κ1) is 11.4. The van der Waals surface area contributed by atoms with Crippen LogP contribution in [0.3, 0.4) is 0 Å². The van der Waals surface area contributed by atoms with E-state index in [0.29, 0.717) is 12.6 Å². The van der Waals surface area contributed by atoms with E-state index in [-0.39, 0.29) is 0 Å². The number of ether oxygens (including phenoxy) is 1. The van der Waals surface area contributed by atoms with Crippen molar-refractivity contribution in [1.29, 1.82) is 0 Å². The molecule has 0 atom stereocenters. The van der Waals surface area contributed by atoms with Gasteiger partial charge in [0.1, 0.15) is 5.75 Å². The Balaban J connectivity index is 2.16. The summed E-state index contributed by atoms with van der Waals surface area (Å²) in [7, 11) is 0. The van der Waals surface area contributed by atoms with Crippen molar-refractivity contribution in [3.8, 4) is 5.75 Å². The zero-order valence-electron chi connectivity index (χ0n) is 8.78. The third-order valence-corrected chi connectivity index (χ3v) is 3.18. The molecular formula is C12H12BrNO2. The smallest absolute Gasteiger partial charge is 0.235 e. The molecule has 4 heteroatoms. The van der Waals surface area contributed by atoms with Crippen molar-refractivity contribution >= 4 is 22.0 Å². The quantitative estimate of drug-likeness (QED) is 0.628. The first-order valence-electron chi connectivity index (χ1n) is 5.28. The van der Waals surface area contributed by atoms with Gasteiger partial charge >= 0.3 is 0 Å². The van der Waals surface area contributed by atoms with Crippen molar-refractivity contribution in [2.45, 2.75) is 31.9 Å². The molecule has 1 aliphatic carbocycles. The molecule has 1 saturated carbocycles. The van der Waals surface area contributed by atoms with Gasteiger partial charge in [-0.3, -0.25) is 0 Å². The van der Waals surface area contributed by atoms with Gasteiger partial charge in [0, 0.05) is 10.0 Å². The molecular weight excluding hydrogens is 270 g/mol. The van der Waals surface area contributed by atoms with Crippen molar-refractivity contribution in [3.63, 3.8) is 0 Å². The molecule has 0 unspecified atom stereocenters.